The Morgan fingerprint density at radius 3 is 2.50 bits per heavy atom. The smallest absolute Gasteiger partial charge is 0.417 e. The Morgan fingerprint density at radius 2 is 1.76 bits per heavy atom. The van der Waals surface area contributed by atoms with Crippen LogP contribution in [-0.4, -0.2) is 39.4 Å². The predicted molar refractivity (Wildman–Crippen MR) is 136 cm³/mol. The Balaban J connectivity index is 1.49. The average Bonchev–Trinajstić information content (AvgIpc) is 3.16. The number of anilines is 2. The van der Waals surface area contributed by atoms with Crippen molar-refractivity contribution in [3.63, 3.8) is 0 Å². The van der Waals surface area contributed by atoms with Crippen molar-refractivity contribution < 1.29 is 27.5 Å². The van der Waals surface area contributed by atoms with Gasteiger partial charge in [-0.25, -0.2) is 4.98 Å². The molecule has 0 aliphatic carbocycles. The zero-order valence-corrected chi connectivity index (χ0v) is 20.9. The summed E-state index contributed by atoms with van der Waals surface area (Å²) in [5, 5.41) is 7.73. The molecule has 0 radical (unpaired) electrons. The number of carbonyl (C=O) groups is 2. The number of fused-ring (bicyclic) bond motifs is 1. The second-order valence-electron chi connectivity index (χ2n) is 8.18. The van der Waals surface area contributed by atoms with Gasteiger partial charge in [0.05, 0.1) is 21.6 Å². The number of aromatic nitrogens is 3. The van der Waals surface area contributed by atoms with E-state index in [4.69, 9.17) is 16.3 Å². The highest BCUT2D eigenvalue weighted by atomic mass is 35.5. The first-order valence-corrected chi connectivity index (χ1v) is 11.7. The standard InChI is InChI=1S/C25H22ClF3N6O3/c1-14(36)30-9-10-32-23(37)21-13-17(7-8-31-21)38-16-4-6-22-20(12-16)34-24(35(22)2)33-15-3-5-19(26)18(11-15)25(27,28)29/h3-8,11-13H,9-10H2,1-2H3,(H,30,36)(H,32,37)(H,33,34). The lowest BCUT2D eigenvalue weighted by molar-refractivity contribution is -0.137. The molecule has 0 aliphatic heterocycles. The topological polar surface area (TPSA) is 110 Å². The number of imidazole rings is 1. The van der Waals surface area contributed by atoms with Gasteiger partial charge in [-0.05, 0) is 36.4 Å². The Bertz CT molecular complexity index is 1510. The number of nitrogens with one attached hydrogen (secondary N) is 3. The summed E-state index contributed by atoms with van der Waals surface area (Å²) in [4.78, 5) is 31.8. The van der Waals surface area contributed by atoms with Gasteiger partial charge in [0, 0.05) is 51.1 Å². The lowest BCUT2D eigenvalue weighted by Crippen LogP contribution is -2.33. The Labute approximate surface area is 220 Å². The zero-order chi connectivity index (χ0) is 27.4. The molecule has 198 valence electrons. The molecule has 2 aromatic heterocycles. The number of carbonyl (C=O) groups excluding carboxylic acids is 2. The summed E-state index contributed by atoms with van der Waals surface area (Å²) in [6.45, 7) is 1.92. The molecule has 4 rings (SSSR count). The quantitative estimate of drug-likeness (QED) is 0.267. The van der Waals surface area contributed by atoms with Crippen LogP contribution in [0, 0.1) is 0 Å². The summed E-state index contributed by atoms with van der Waals surface area (Å²) in [6.07, 6.45) is -3.16. The van der Waals surface area contributed by atoms with Crippen LogP contribution in [0.3, 0.4) is 0 Å². The summed E-state index contributed by atoms with van der Waals surface area (Å²) in [7, 11) is 1.72. The van der Waals surface area contributed by atoms with Gasteiger partial charge in [-0.15, -0.1) is 0 Å². The van der Waals surface area contributed by atoms with Crippen LogP contribution in [-0.2, 0) is 18.0 Å². The molecule has 3 N–H and O–H groups in total. The van der Waals surface area contributed by atoms with Crippen LogP contribution in [0.25, 0.3) is 11.0 Å². The summed E-state index contributed by atoms with van der Waals surface area (Å²) in [6, 6.07) is 11.7. The molecule has 2 heterocycles. The SMILES string of the molecule is CC(=O)NCCNC(=O)c1cc(Oc2ccc3c(c2)nc(Nc2ccc(Cl)c(C(F)(F)F)c2)n3C)ccn1. The highest BCUT2D eigenvalue weighted by molar-refractivity contribution is 6.31. The fourth-order valence-corrected chi connectivity index (χ4v) is 3.77. The molecule has 0 bridgehead atoms. The lowest BCUT2D eigenvalue weighted by Gasteiger charge is -2.12. The highest BCUT2D eigenvalue weighted by Gasteiger charge is 2.33. The number of halogens is 4. The maximum atomic E-state index is 13.2. The number of aryl methyl sites for hydroxylation is 1. The van der Waals surface area contributed by atoms with E-state index < -0.39 is 22.7 Å². The van der Waals surface area contributed by atoms with Crippen molar-refractivity contribution in [2.75, 3.05) is 18.4 Å². The molecule has 4 aromatic rings. The minimum Gasteiger partial charge on any atom is -0.457 e. The normalized spacial score (nSPS) is 11.3. The number of hydrogen-bond donors (Lipinski definition) is 3. The van der Waals surface area contributed by atoms with Gasteiger partial charge in [-0.1, -0.05) is 11.6 Å². The maximum absolute atomic E-state index is 13.2. The van der Waals surface area contributed by atoms with Gasteiger partial charge < -0.3 is 25.3 Å². The minimum absolute atomic E-state index is 0.136. The highest BCUT2D eigenvalue weighted by Crippen LogP contribution is 2.37. The molecule has 2 aromatic carbocycles. The van der Waals surface area contributed by atoms with Crippen molar-refractivity contribution in [2.45, 2.75) is 13.1 Å². The zero-order valence-electron chi connectivity index (χ0n) is 20.2. The molecule has 0 fully saturated rings. The summed E-state index contributed by atoms with van der Waals surface area (Å²) in [5.41, 5.74) is 0.603. The van der Waals surface area contributed by atoms with Crippen molar-refractivity contribution >= 4 is 46.1 Å². The molecule has 9 nitrogen and oxygen atoms in total. The molecule has 0 aliphatic rings. The summed E-state index contributed by atoms with van der Waals surface area (Å²) < 4.78 is 47.2. The van der Waals surface area contributed by atoms with Crippen molar-refractivity contribution in [1.29, 1.82) is 0 Å². The van der Waals surface area contributed by atoms with Crippen LogP contribution >= 0.6 is 11.6 Å². The predicted octanol–water partition coefficient (Wildman–Crippen LogP) is 5.04. The van der Waals surface area contributed by atoms with E-state index in [-0.39, 0.29) is 23.8 Å². The molecular weight excluding hydrogens is 525 g/mol. The molecule has 0 atom stereocenters. The summed E-state index contributed by atoms with van der Waals surface area (Å²) in [5.74, 6) is 0.487. The molecule has 13 heteroatoms. The molecule has 38 heavy (non-hydrogen) atoms. The number of amides is 2. The molecule has 2 amide bonds. The molecular formula is C25H22ClF3N6O3. The monoisotopic (exact) mass is 546 g/mol. The van der Waals surface area contributed by atoms with E-state index in [2.05, 4.69) is 25.9 Å². The Kier molecular flexibility index (Phi) is 7.72. The number of nitrogens with zero attached hydrogens (tertiary/aromatic N) is 3. The number of rotatable bonds is 8. The van der Waals surface area contributed by atoms with Crippen LogP contribution < -0.4 is 20.7 Å². The van der Waals surface area contributed by atoms with Crippen molar-refractivity contribution in [2.24, 2.45) is 7.05 Å². The van der Waals surface area contributed by atoms with Gasteiger partial charge in [-0.2, -0.15) is 13.2 Å². The first-order valence-electron chi connectivity index (χ1n) is 11.3. The molecule has 0 saturated carbocycles. The summed E-state index contributed by atoms with van der Waals surface area (Å²) >= 11 is 5.71. The number of pyridine rings is 1. The number of hydrogen-bond acceptors (Lipinski definition) is 6. The van der Waals surface area contributed by atoms with Crippen LogP contribution in [0.15, 0.2) is 54.7 Å². The largest absolute Gasteiger partial charge is 0.457 e. The molecule has 0 unspecified atom stereocenters. The molecule has 0 spiro atoms. The Morgan fingerprint density at radius 1 is 1.03 bits per heavy atom. The van der Waals surface area contributed by atoms with E-state index in [1.54, 1.807) is 35.9 Å². The van der Waals surface area contributed by atoms with Crippen LogP contribution in [0.2, 0.25) is 5.02 Å². The maximum Gasteiger partial charge on any atom is 0.417 e. The second-order valence-corrected chi connectivity index (χ2v) is 8.59. The fraction of sp³-hybridized carbons (Fsp3) is 0.200. The van der Waals surface area contributed by atoms with E-state index in [1.807, 2.05) is 0 Å². The van der Waals surface area contributed by atoms with Crippen molar-refractivity contribution in [1.82, 2.24) is 25.2 Å². The van der Waals surface area contributed by atoms with Gasteiger partial charge in [-0.3, -0.25) is 14.6 Å². The number of ether oxygens (including phenoxy) is 1. The van der Waals surface area contributed by atoms with Gasteiger partial charge in [0.25, 0.3) is 5.91 Å². The third-order valence-corrected chi connectivity index (χ3v) is 5.69. The van der Waals surface area contributed by atoms with Gasteiger partial charge in [0.1, 0.15) is 17.2 Å². The second kappa shape index (κ2) is 11.0. The van der Waals surface area contributed by atoms with Gasteiger partial charge in [0.2, 0.25) is 11.9 Å². The van der Waals surface area contributed by atoms with E-state index >= 15 is 0 Å². The molecule has 0 saturated heterocycles. The Hall–Kier alpha value is -4.32. The van der Waals surface area contributed by atoms with Gasteiger partial charge in [0.15, 0.2) is 0 Å². The van der Waals surface area contributed by atoms with E-state index in [9.17, 15) is 22.8 Å². The van der Waals surface area contributed by atoms with E-state index in [0.29, 0.717) is 35.0 Å². The first-order chi connectivity index (χ1) is 18.0. The van der Waals surface area contributed by atoms with Crippen LogP contribution in [0.4, 0.5) is 24.8 Å². The lowest BCUT2D eigenvalue weighted by atomic mass is 10.2. The number of benzene rings is 2. The number of alkyl halides is 3. The van der Waals surface area contributed by atoms with E-state index in [1.165, 1.54) is 31.3 Å². The van der Waals surface area contributed by atoms with Crippen LogP contribution in [0.5, 0.6) is 11.5 Å². The van der Waals surface area contributed by atoms with Crippen molar-refractivity contribution in [3.05, 3.63) is 71.0 Å². The first kappa shape index (κ1) is 26.7. The van der Waals surface area contributed by atoms with E-state index in [0.717, 1.165) is 6.07 Å². The fourth-order valence-electron chi connectivity index (χ4n) is 3.54. The minimum atomic E-state index is -4.59. The third kappa shape index (κ3) is 6.32. The van der Waals surface area contributed by atoms with Gasteiger partial charge >= 0.3 is 6.18 Å². The van der Waals surface area contributed by atoms with Crippen molar-refractivity contribution in [3.8, 4) is 11.5 Å². The third-order valence-electron chi connectivity index (χ3n) is 5.36. The average molecular weight is 547 g/mol. The van der Waals surface area contributed by atoms with Crippen LogP contribution in [0.1, 0.15) is 23.0 Å².